The predicted octanol–water partition coefficient (Wildman–Crippen LogP) is 4.89. The molecule has 2 fully saturated rings. The first-order valence-corrected chi connectivity index (χ1v) is 11.0. The molecule has 0 aliphatic carbocycles. The standard InChI is InChI=1S/C26H26FN3O2/c1-17-15-29(16-28-17)24-9-3-18(14-25(24)32-2)13-20-6-10-23-22(11-12-30(23)26(20)31)19-4-7-21(27)8-5-19/h3-5,7-9,13-16,22-23H,6,10-12H2,1-2H3/b20-13+. The molecule has 3 aromatic rings. The van der Waals surface area contributed by atoms with Crippen LogP contribution in [0.5, 0.6) is 5.75 Å². The molecule has 1 aromatic heterocycles. The van der Waals surface area contributed by atoms with E-state index >= 15 is 0 Å². The Morgan fingerprint density at radius 1 is 1.16 bits per heavy atom. The number of hydrogen-bond acceptors (Lipinski definition) is 3. The number of hydrogen-bond donors (Lipinski definition) is 0. The fraction of sp³-hybridized carbons (Fsp3) is 0.308. The molecule has 0 N–H and O–H groups in total. The first-order chi connectivity index (χ1) is 15.5. The highest BCUT2D eigenvalue weighted by Gasteiger charge is 2.41. The van der Waals surface area contributed by atoms with Gasteiger partial charge < -0.3 is 14.2 Å². The van der Waals surface area contributed by atoms with Crippen molar-refractivity contribution in [1.29, 1.82) is 0 Å². The van der Waals surface area contributed by atoms with Gasteiger partial charge in [0.15, 0.2) is 0 Å². The third-order valence-corrected chi connectivity index (χ3v) is 6.62. The summed E-state index contributed by atoms with van der Waals surface area (Å²) in [7, 11) is 1.65. The number of benzene rings is 2. The van der Waals surface area contributed by atoms with E-state index in [1.807, 2.05) is 59.0 Å². The van der Waals surface area contributed by atoms with Crippen molar-refractivity contribution in [1.82, 2.24) is 14.5 Å². The summed E-state index contributed by atoms with van der Waals surface area (Å²) in [6.07, 6.45) is 8.27. The van der Waals surface area contributed by atoms with Crippen LogP contribution in [0.3, 0.4) is 0 Å². The normalized spacial score (nSPS) is 21.8. The Balaban J connectivity index is 1.37. The maximum Gasteiger partial charge on any atom is 0.250 e. The number of aromatic nitrogens is 2. The summed E-state index contributed by atoms with van der Waals surface area (Å²) >= 11 is 0. The topological polar surface area (TPSA) is 47.4 Å². The van der Waals surface area contributed by atoms with E-state index in [9.17, 15) is 9.18 Å². The van der Waals surface area contributed by atoms with E-state index in [0.29, 0.717) is 0 Å². The van der Waals surface area contributed by atoms with Crippen LogP contribution in [0.15, 0.2) is 60.6 Å². The minimum absolute atomic E-state index is 0.110. The molecule has 0 bridgehead atoms. The van der Waals surface area contributed by atoms with Gasteiger partial charge in [-0.3, -0.25) is 4.79 Å². The average Bonchev–Trinajstić information content (AvgIpc) is 3.43. The Kier molecular flexibility index (Phi) is 5.29. The summed E-state index contributed by atoms with van der Waals surface area (Å²) in [5.41, 5.74) is 4.74. The number of methoxy groups -OCH3 is 1. The molecule has 2 unspecified atom stereocenters. The van der Waals surface area contributed by atoms with Crippen molar-refractivity contribution in [3.63, 3.8) is 0 Å². The number of halogens is 1. The van der Waals surface area contributed by atoms with Gasteiger partial charge in [-0.1, -0.05) is 18.2 Å². The highest BCUT2D eigenvalue weighted by Crippen LogP contribution is 2.41. The summed E-state index contributed by atoms with van der Waals surface area (Å²) in [4.78, 5) is 19.5. The second-order valence-corrected chi connectivity index (χ2v) is 8.57. The van der Waals surface area contributed by atoms with Gasteiger partial charge >= 0.3 is 0 Å². The van der Waals surface area contributed by atoms with Gasteiger partial charge in [-0.05, 0) is 67.7 Å². The van der Waals surface area contributed by atoms with Crippen LogP contribution >= 0.6 is 0 Å². The predicted molar refractivity (Wildman–Crippen MR) is 121 cm³/mol. The maximum atomic E-state index is 13.3. The van der Waals surface area contributed by atoms with E-state index in [-0.39, 0.29) is 23.7 Å². The zero-order valence-corrected chi connectivity index (χ0v) is 18.3. The molecule has 0 radical (unpaired) electrons. The maximum absolute atomic E-state index is 13.3. The Hall–Kier alpha value is -3.41. The minimum Gasteiger partial charge on any atom is -0.495 e. The van der Waals surface area contributed by atoms with Gasteiger partial charge in [-0.25, -0.2) is 9.37 Å². The number of piperidine rings is 1. The number of ether oxygens (including phenoxy) is 1. The average molecular weight is 432 g/mol. The molecule has 0 saturated carbocycles. The van der Waals surface area contributed by atoms with Crippen LogP contribution in [0.4, 0.5) is 4.39 Å². The molecule has 2 saturated heterocycles. The molecule has 164 valence electrons. The van der Waals surface area contributed by atoms with E-state index in [4.69, 9.17) is 4.74 Å². The number of carbonyl (C=O) groups is 1. The number of imidazole rings is 1. The quantitative estimate of drug-likeness (QED) is 0.553. The van der Waals surface area contributed by atoms with Gasteiger partial charge in [0.2, 0.25) is 5.91 Å². The minimum atomic E-state index is -0.224. The van der Waals surface area contributed by atoms with Crippen LogP contribution in [0.25, 0.3) is 11.8 Å². The van der Waals surface area contributed by atoms with Crippen LogP contribution in [-0.4, -0.2) is 40.1 Å². The smallest absolute Gasteiger partial charge is 0.250 e. The van der Waals surface area contributed by atoms with E-state index in [2.05, 4.69) is 4.98 Å². The Morgan fingerprint density at radius 2 is 1.97 bits per heavy atom. The van der Waals surface area contributed by atoms with Crippen LogP contribution in [0.1, 0.15) is 42.0 Å². The summed E-state index contributed by atoms with van der Waals surface area (Å²) in [5.74, 6) is 0.895. The molecule has 1 amide bonds. The molecule has 5 rings (SSSR count). The van der Waals surface area contributed by atoms with Gasteiger partial charge in [0.25, 0.3) is 0 Å². The van der Waals surface area contributed by atoms with Crippen molar-refractivity contribution in [3.8, 4) is 11.4 Å². The van der Waals surface area contributed by atoms with E-state index in [1.165, 1.54) is 12.1 Å². The summed E-state index contributed by atoms with van der Waals surface area (Å²) in [6.45, 7) is 2.69. The van der Waals surface area contributed by atoms with Gasteiger partial charge in [0, 0.05) is 30.3 Å². The molecule has 2 aliphatic rings. The van der Waals surface area contributed by atoms with Crippen LogP contribution < -0.4 is 4.74 Å². The van der Waals surface area contributed by atoms with Crippen molar-refractivity contribution in [2.24, 2.45) is 0 Å². The lowest BCUT2D eigenvalue weighted by Gasteiger charge is -2.34. The number of aryl methyl sites for hydroxylation is 1. The molecular weight excluding hydrogens is 405 g/mol. The Labute approximate surface area is 187 Å². The van der Waals surface area contributed by atoms with Gasteiger partial charge in [-0.15, -0.1) is 0 Å². The van der Waals surface area contributed by atoms with Crippen molar-refractivity contribution in [2.45, 2.75) is 38.1 Å². The van der Waals surface area contributed by atoms with Crippen molar-refractivity contribution in [2.75, 3.05) is 13.7 Å². The van der Waals surface area contributed by atoms with Crippen LogP contribution in [-0.2, 0) is 4.79 Å². The number of carbonyl (C=O) groups excluding carboxylic acids is 1. The van der Waals surface area contributed by atoms with Crippen molar-refractivity contribution >= 4 is 12.0 Å². The van der Waals surface area contributed by atoms with Crippen LogP contribution in [0, 0.1) is 12.7 Å². The third kappa shape index (κ3) is 3.70. The summed E-state index contributed by atoms with van der Waals surface area (Å²) < 4.78 is 20.9. The second kappa shape index (κ2) is 8.26. The number of rotatable bonds is 4. The summed E-state index contributed by atoms with van der Waals surface area (Å²) in [6, 6.07) is 12.9. The number of nitrogens with zero attached hydrogens (tertiary/aromatic N) is 3. The monoisotopic (exact) mass is 431 g/mol. The molecule has 6 heteroatoms. The fourth-order valence-corrected chi connectivity index (χ4v) is 5.04. The molecule has 3 heterocycles. The fourth-order valence-electron chi connectivity index (χ4n) is 5.04. The zero-order valence-electron chi connectivity index (χ0n) is 18.3. The van der Waals surface area contributed by atoms with E-state index in [1.54, 1.807) is 13.4 Å². The third-order valence-electron chi connectivity index (χ3n) is 6.62. The molecule has 32 heavy (non-hydrogen) atoms. The van der Waals surface area contributed by atoms with E-state index in [0.717, 1.165) is 59.6 Å². The molecule has 2 atom stereocenters. The lowest BCUT2D eigenvalue weighted by Crippen LogP contribution is -2.42. The largest absolute Gasteiger partial charge is 0.495 e. The zero-order chi connectivity index (χ0) is 22.2. The number of amides is 1. The molecule has 5 nitrogen and oxygen atoms in total. The first kappa shape index (κ1) is 20.5. The van der Waals surface area contributed by atoms with Gasteiger partial charge in [-0.2, -0.15) is 0 Å². The summed E-state index contributed by atoms with van der Waals surface area (Å²) in [5, 5.41) is 0. The number of fused-ring (bicyclic) bond motifs is 1. The van der Waals surface area contributed by atoms with Gasteiger partial charge in [0.05, 0.1) is 24.8 Å². The SMILES string of the molecule is COc1cc(/C=C2\CCC3C(c4ccc(F)cc4)CCN3C2=O)ccc1-n1cnc(C)c1. The highest BCUT2D eigenvalue weighted by atomic mass is 19.1. The van der Waals surface area contributed by atoms with Crippen molar-refractivity contribution < 1.29 is 13.9 Å². The van der Waals surface area contributed by atoms with Crippen molar-refractivity contribution in [3.05, 3.63) is 83.2 Å². The van der Waals surface area contributed by atoms with E-state index < -0.39 is 0 Å². The first-order valence-electron chi connectivity index (χ1n) is 11.0. The molecular formula is C26H26FN3O2. The van der Waals surface area contributed by atoms with Gasteiger partial charge in [0.1, 0.15) is 11.6 Å². The lowest BCUT2D eigenvalue weighted by molar-refractivity contribution is -0.129. The van der Waals surface area contributed by atoms with Crippen LogP contribution in [0.2, 0.25) is 0 Å². The lowest BCUT2D eigenvalue weighted by atomic mass is 9.86. The Bertz CT molecular complexity index is 1180. The molecule has 0 spiro atoms. The molecule has 2 aliphatic heterocycles. The second-order valence-electron chi connectivity index (χ2n) is 8.57. The highest BCUT2D eigenvalue weighted by molar-refractivity contribution is 5.99. The molecule has 2 aromatic carbocycles. The Morgan fingerprint density at radius 3 is 2.69 bits per heavy atom.